The lowest BCUT2D eigenvalue weighted by molar-refractivity contribution is 0.408. The van der Waals surface area contributed by atoms with E-state index >= 15 is 0 Å². The molecule has 0 fully saturated rings. The summed E-state index contributed by atoms with van der Waals surface area (Å²) in [7, 11) is 3.35. The molecule has 0 saturated carbocycles. The first-order valence-electron chi connectivity index (χ1n) is 13.7. The van der Waals surface area contributed by atoms with Crippen LogP contribution in [0.3, 0.4) is 0 Å². The summed E-state index contributed by atoms with van der Waals surface area (Å²) in [5.41, 5.74) is 13.9. The van der Waals surface area contributed by atoms with Crippen LogP contribution in [0.2, 0.25) is 0 Å². The second-order valence-electron chi connectivity index (χ2n) is 9.18. The zero-order chi connectivity index (χ0) is 29.0. The molecule has 0 radical (unpaired) electrons. The first kappa shape index (κ1) is 34.2. The monoisotopic (exact) mass is 624 g/mol. The highest BCUT2D eigenvalue weighted by molar-refractivity contribution is 7.98. The maximum atomic E-state index is 5.98. The molecule has 0 amide bonds. The molecule has 0 atom stereocenters. The second-order valence-corrected chi connectivity index (χ2v) is 12.2. The van der Waals surface area contributed by atoms with E-state index in [1.165, 1.54) is 25.7 Å². The third-order valence-electron chi connectivity index (χ3n) is 6.35. The molecule has 0 bridgehead atoms. The molecule has 0 aliphatic carbocycles. The number of thiocarbonyl (C=S) groups is 2. The van der Waals surface area contributed by atoms with Crippen LogP contribution in [-0.2, 0) is 11.5 Å². The molecule has 4 N–H and O–H groups in total. The highest BCUT2D eigenvalue weighted by Gasteiger charge is 2.10. The zero-order valence-electron chi connectivity index (χ0n) is 23.8. The number of ether oxygens (including phenoxy) is 2. The molecule has 2 heterocycles. The van der Waals surface area contributed by atoms with Gasteiger partial charge in [0.1, 0.15) is 11.5 Å². The Bertz CT molecular complexity index is 937. The number of hydrogen-bond donors (Lipinski definition) is 2. The third kappa shape index (κ3) is 13.6. The topological polar surface area (TPSA) is 103 Å². The molecule has 0 unspecified atom stereocenters. The Morgan fingerprint density at radius 3 is 1.48 bits per heavy atom. The van der Waals surface area contributed by atoms with Crippen LogP contribution in [0.4, 0.5) is 0 Å². The van der Waals surface area contributed by atoms with Crippen LogP contribution in [-0.4, -0.2) is 81.9 Å². The summed E-state index contributed by atoms with van der Waals surface area (Å²) in [6.07, 6.45) is 10.5. The van der Waals surface area contributed by atoms with E-state index in [-0.39, 0.29) is 0 Å². The second kappa shape index (κ2) is 20.8. The van der Waals surface area contributed by atoms with Crippen LogP contribution in [0.25, 0.3) is 0 Å². The minimum absolute atomic E-state index is 0.478. The fraction of sp³-hybridized carbons (Fsp3) is 0.571. The predicted molar refractivity (Wildman–Crippen MR) is 178 cm³/mol. The van der Waals surface area contributed by atoms with Gasteiger partial charge >= 0.3 is 0 Å². The normalized spacial score (nSPS) is 10.8. The number of unbranched alkanes of at least 4 members (excludes halogenated alkanes) is 5. The van der Waals surface area contributed by atoms with E-state index in [9.17, 15) is 0 Å². The Hall–Kier alpha value is -2.02. The van der Waals surface area contributed by atoms with Crippen molar-refractivity contribution in [2.75, 3.05) is 51.9 Å². The summed E-state index contributed by atoms with van der Waals surface area (Å²) in [6, 6.07) is 7.65. The van der Waals surface area contributed by atoms with Crippen LogP contribution in [0.15, 0.2) is 36.7 Å². The molecule has 12 heteroatoms. The molecular formula is C28H44N6O2S4. The molecule has 2 aromatic rings. The van der Waals surface area contributed by atoms with E-state index < -0.39 is 0 Å². The van der Waals surface area contributed by atoms with Gasteiger partial charge in [-0.25, -0.2) is 0 Å². The number of nitrogens with two attached hydrogens (primary N) is 2. The van der Waals surface area contributed by atoms with Gasteiger partial charge in [0.2, 0.25) is 0 Å². The Morgan fingerprint density at radius 1 is 0.700 bits per heavy atom. The summed E-state index contributed by atoms with van der Waals surface area (Å²) in [6.45, 7) is 3.50. The van der Waals surface area contributed by atoms with Gasteiger partial charge in [0, 0.05) is 61.6 Å². The first-order valence-corrected chi connectivity index (χ1v) is 16.8. The van der Waals surface area contributed by atoms with Crippen molar-refractivity contribution in [2.45, 2.75) is 50.0 Å². The summed E-state index contributed by atoms with van der Waals surface area (Å²) < 4.78 is 10.8. The predicted octanol–water partition coefficient (Wildman–Crippen LogP) is 5.09. The van der Waals surface area contributed by atoms with Crippen LogP contribution in [0.1, 0.15) is 49.9 Å². The van der Waals surface area contributed by atoms with Gasteiger partial charge in [-0.05, 0) is 61.5 Å². The third-order valence-corrected chi connectivity index (χ3v) is 8.77. The molecular weight excluding hydrogens is 581 g/mol. The Labute approximate surface area is 259 Å². The lowest BCUT2D eigenvalue weighted by Gasteiger charge is -2.23. The van der Waals surface area contributed by atoms with Crippen LogP contribution in [0, 0.1) is 0 Å². The SMILES string of the molecule is COc1cccnc1CSCCN(CCCCCCCCN(CCSCc1ncccc1OC)C(N)=S)C(N)=S. The van der Waals surface area contributed by atoms with Crippen LogP contribution in [0.5, 0.6) is 11.5 Å². The molecule has 0 aromatic carbocycles. The molecule has 40 heavy (non-hydrogen) atoms. The van der Waals surface area contributed by atoms with Gasteiger partial charge < -0.3 is 30.7 Å². The summed E-state index contributed by atoms with van der Waals surface area (Å²) in [5.74, 6) is 5.15. The number of thioether (sulfide) groups is 2. The fourth-order valence-electron chi connectivity index (χ4n) is 4.10. The average Bonchev–Trinajstić information content (AvgIpc) is 2.96. The van der Waals surface area contributed by atoms with Crippen LogP contribution < -0.4 is 20.9 Å². The van der Waals surface area contributed by atoms with E-state index in [0.29, 0.717) is 10.2 Å². The van der Waals surface area contributed by atoms with E-state index in [4.69, 9.17) is 45.4 Å². The van der Waals surface area contributed by atoms with Crippen molar-refractivity contribution >= 4 is 58.2 Å². The van der Waals surface area contributed by atoms with Crippen molar-refractivity contribution in [2.24, 2.45) is 11.5 Å². The number of nitrogens with zero attached hydrogens (tertiary/aromatic N) is 4. The van der Waals surface area contributed by atoms with Gasteiger partial charge in [0.15, 0.2) is 10.2 Å². The van der Waals surface area contributed by atoms with Crippen LogP contribution >= 0.6 is 48.0 Å². The van der Waals surface area contributed by atoms with Gasteiger partial charge in [-0.1, -0.05) is 25.7 Å². The van der Waals surface area contributed by atoms with E-state index in [2.05, 4.69) is 19.8 Å². The van der Waals surface area contributed by atoms with Crippen molar-refractivity contribution in [3.63, 3.8) is 0 Å². The highest BCUT2D eigenvalue weighted by atomic mass is 32.2. The quantitative estimate of drug-likeness (QED) is 0.143. The molecule has 0 aliphatic rings. The lowest BCUT2D eigenvalue weighted by atomic mass is 10.1. The number of methoxy groups -OCH3 is 2. The molecule has 0 spiro atoms. The summed E-state index contributed by atoms with van der Waals surface area (Å²) in [4.78, 5) is 13.0. The summed E-state index contributed by atoms with van der Waals surface area (Å²) in [5, 5.41) is 0.956. The fourth-order valence-corrected chi connectivity index (χ4v) is 6.27. The van der Waals surface area contributed by atoms with Crippen molar-refractivity contribution in [3.05, 3.63) is 48.0 Å². The zero-order valence-corrected chi connectivity index (χ0v) is 27.0. The molecule has 222 valence electrons. The van der Waals surface area contributed by atoms with Crippen molar-refractivity contribution in [3.8, 4) is 11.5 Å². The van der Waals surface area contributed by atoms with Gasteiger partial charge in [0.05, 0.1) is 25.6 Å². The van der Waals surface area contributed by atoms with E-state index in [1.54, 1.807) is 26.6 Å². The van der Waals surface area contributed by atoms with Gasteiger partial charge in [-0.3, -0.25) is 9.97 Å². The first-order chi connectivity index (χ1) is 19.5. The number of pyridine rings is 2. The van der Waals surface area contributed by atoms with Crippen molar-refractivity contribution in [1.29, 1.82) is 0 Å². The number of rotatable bonds is 21. The maximum absolute atomic E-state index is 5.98. The standard InChI is InChI=1S/C28H44N6O2S4/c1-35-25-11-9-13-31-23(25)21-39-19-17-33(27(29)37)15-7-5-3-4-6-8-16-34(28(30)38)18-20-40-22-24-26(36-2)12-10-14-32-24/h9-14H,3-8,15-22H2,1-2H3,(H2,29,37)(H2,30,38). The van der Waals surface area contributed by atoms with Crippen molar-refractivity contribution < 1.29 is 9.47 Å². The Kier molecular flexibility index (Phi) is 17.8. The lowest BCUT2D eigenvalue weighted by Crippen LogP contribution is -2.38. The van der Waals surface area contributed by atoms with E-state index in [0.717, 1.165) is 84.9 Å². The smallest absolute Gasteiger partial charge is 0.166 e. The van der Waals surface area contributed by atoms with Gasteiger partial charge in [0.25, 0.3) is 0 Å². The van der Waals surface area contributed by atoms with Gasteiger partial charge in [-0.15, -0.1) is 0 Å². The molecule has 8 nitrogen and oxygen atoms in total. The highest BCUT2D eigenvalue weighted by Crippen LogP contribution is 2.21. The van der Waals surface area contributed by atoms with E-state index in [1.807, 2.05) is 47.8 Å². The minimum Gasteiger partial charge on any atom is -0.495 e. The van der Waals surface area contributed by atoms with Crippen molar-refractivity contribution in [1.82, 2.24) is 19.8 Å². The Morgan fingerprint density at radius 2 is 1.10 bits per heavy atom. The average molecular weight is 625 g/mol. The molecule has 2 aromatic heterocycles. The summed E-state index contributed by atoms with van der Waals surface area (Å²) >= 11 is 14.2. The Balaban J connectivity index is 1.53. The number of aromatic nitrogens is 2. The molecule has 2 rings (SSSR count). The maximum Gasteiger partial charge on any atom is 0.166 e. The molecule has 0 saturated heterocycles. The minimum atomic E-state index is 0.478. The number of hydrogen-bond acceptors (Lipinski definition) is 8. The molecule has 0 aliphatic heterocycles. The largest absolute Gasteiger partial charge is 0.495 e. The van der Waals surface area contributed by atoms with Gasteiger partial charge in [-0.2, -0.15) is 23.5 Å².